The number of aryl methyl sites for hydroxylation is 1. The summed E-state index contributed by atoms with van der Waals surface area (Å²) in [5.41, 5.74) is 0.555. The van der Waals surface area contributed by atoms with E-state index in [1.54, 1.807) is 26.0 Å². The number of halogens is 1. The third kappa shape index (κ3) is 3.93. The third-order valence-electron chi connectivity index (χ3n) is 3.46. The molecule has 0 saturated carbocycles. The van der Waals surface area contributed by atoms with E-state index in [0.717, 1.165) is 0 Å². The highest BCUT2D eigenvalue weighted by Crippen LogP contribution is 2.18. The zero-order valence-electron chi connectivity index (χ0n) is 12.1. The number of sulfone groups is 1. The summed E-state index contributed by atoms with van der Waals surface area (Å²) in [7, 11) is -3.12. The molecule has 1 aliphatic heterocycles. The van der Waals surface area contributed by atoms with Crippen LogP contribution in [0, 0.1) is 18.7 Å². The summed E-state index contributed by atoms with van der Waals surface area (Å²) >= 11 is 0. The molecule has 1 unspecified atom stereocenters. The summed E-state index contributed by atoms with van der Waals surface area (Å²) in [5.74, 6) is -0.580. The fourth-order valence-electron chi connectivity index (χ4n) is 2.41. The second kappa shape index (κ2) is 6.01. The number of carbonyl (C=O) groups is 1. The van der Waals surface area contributed by atoms with Crippen LogP contribution in [0.5, 0.6) is 0 Å². The zero-order chi connectivity index (χ0) is 15.6. The van der Waals surface area contributed by atoms with Gasteiger partial charge in [-0.2, -0.15) is 0 Å². The van der Waals surface area contributed by atoms with E-state index in [-0.39, 0.29) is 29.7 Å². The normalized spacial score (nSPS) is 21.7. The van der Waals surface area contributed by atoms with Crippen LogP contribution in [0.4, 0.5) is 14.9 Å². The second-order valence-electron chi connectivity index (χ2n) is 5.53. The Morgan fingerprint density at radius 3 is 2.86 bits per heavy atom. The molecule has 2 rings (SSSR count). The number of carbonyl (C=O) groups excluding carboxylic acids is 1. The predicted octanol–water partition coefficient (Wildman–Crippen LogP) is 2.03. The minimum absolute atomic E-state index is 0.0545. The molecule has 1 heterocycles. The predicted molar refractivity (Wildman–Crippen MR) is 79.5 cm³/mol. The maximum absolute atomic E-state index is 13.9. The molecule has 116 valence electrons. The Morgan fingerprint density at radius 1 is 1.43 bits per heavy atom. The van der Waals surface area contributed by atoms with Gasteiger partial charge in [0.25, 0.3) is 0 Å². The Hall–Kier alpha value is -1.63. The van der Waals surface area contributed by atoms with Crippen LogP contribution in [0.15, 0.2) is 18.2 Å². The lowest BCUT2D eigenvalue weighted by Crippen LogP contribution is -2.38. The third-order valence-corrected chi connectivity index (χ3v) is 5.34. The van der Waals surface area contributed by atoms with Crippen molar-refractivity contribution in [2.24, 2.45) is 5.92 Å². The van der Waals surface area contributed by atoms with E-state index in [0.29, 0.717) is 12.1 Å². The lowest BCUT2D eigenvalue weighted by atomic mass is 10.2. The van der Waals surface area contributed by atoms with E-state index in [1.165, 1.54) is 11.0 Å². The number of nitrogens with zero attached hydrogens (tertiary/aromatic N) is 1. The molecule has 1 atom stereocenters. The molecule has 1 saturated heterocycles. The van der Waals surface area contributed by atoms with Crippen molar-refractivity contribution in [3.05, 3.63) is 29.6 Å². The van der Waals surface area contributed by atoms with Gasteiger partial charge in [-0.15, -0.1) is 0 Å². The molecule has 1 N–H and O–H groups in total. The van der Waals surface area contributed by atoms with E-state index < -0.39 is 21.7 Å². The first kappa shape index (κ1) is 15.8. The van der Waals surface area contributed by atoms with Crippen molar-refractivity contribution in [3.8, 4) is 0 Å². The summed E-state index contributed by atoms with van der Waals surface area (Å²) in [4.78, 5) is 13.6. The van der Waals surface area contributed by atoms with Crippen LogP contribution in [0.3, 0.4) is 0 Å². The van der Waals surface area contributed by atoms with Crippen molar-refractivity contribution in [3.63, 3.8) is 0 Å². The topological polar surface area (TPSA) is 66.5 Å². The first-order valence-corrected chi connectivity index (χ1v) is 8.62. The minimum Gasteiger partial charge on any atom is -0.323 e. The first-order valence-electron chi connectivity index (χ1n) is 6.80. The number of nitrogens with one attached hydrogen (secondary N) is 1. The SMILES string of the molecule is Cc1cccc(NC(=O)N2CCS(=O)(=O)CC(C)C2)c1F. The molecule has 7 heteroatoms. The van der Waals surface area contributed by atoms with Crippen LogP contribution in [-0.2, 0) is 9.84 Å². The number of amides is 2. The van der Waals surface area contributed by atoms with Crippen LogP contribution in [0.25, 0.3) is 0 Å². The van der Waals surface area contributed by atoms with E-state index in [1.807, 2.05) is 0 Å². The molecule has 0 radical (unpaired) electrons. The lowest BCUT2D eigenvalue weighted by molar-refractivity contribution is 0.209. The van der Waals surface area contributed by atoms with Crippen molar-refractivity contribution in [1.82, 2.24) is 4.90 Å². The minimum atomic E-state index is -3.12. The highest BCUT2D eigenvalue weighted by atomic mass is 32.2. The molecule has 0 spiro atoms. The molecule has 1 aromatic rings. The van der Waals surface area contributed by atoms with Crippen molar-refractivity contribution in [1.29, 1.82) is 0 Å². The molecule has 21 heavy (non-hydrogen) atoms. The fourth-order valence-corrected chi connectivity index (χ4v) is 4.05. The summed E-state index contributed by atoms with van der Waals surface area (Å²) in [6, 6.07) is 4.29. The van der Waals surface area contributed by atoms with Crippen molar-refractivity contribution >= 4 is 21.6 Å². The number of hydrogen-bond donors (Lipinski definition) is 1. The van der Waals surface area contributed by atoms with Crippen LogP contribution >= 0.6 is 0 Å². The molecular weight excluding hydrogens is 295 g/mol. The number of rotatable bonds is 1. The van der Waals surface area contributed by atoms with Gasteiger partial charge in [-0.05, 0) is 24.5 Å². The average molecular weight is 314 g/mol. The molecular formula is C14H19FN2O3S. The van der Waals surface area contributed by atoms with Gasteiger partial charge in [0.15, 0.2) is 9.84 Å². The highest BCUT2D eigenvalue weighted by molar-refractivity contribution is 7.91. The van der Waals surface area contributed by atoms with Gasteiger partial charge in [0.1, 0.15) is 5.82 Å². The van der Waals surface area contributed by atoms with Crippen molar-refractivity contribution in [2.75, 3.05) is 29.9 Å². The van der Waals surface area contributed by atoms with Gasteiger partial charge in [0, 0.05) is 13.1 Å². The Kier molecular flexibility index (Phi) is 4.51. The molecule has 1 aromatic carbocycles. The molecule has 0 bridgehead atoms. The van der Waals surface area contributed by atoms with Gasteiger partial charge in [0.05, 0.1) is 17.2 Å². The number of urea groups is 1. The monoisotopic (exact) mass is 314 g/mol. The van der Waals surface area contributed by atoms with Crippen molar-refractivity contribution < 1.29 is 17.6 Å². The van der Waals surface area contributed by atoms with Gasteiger partial charge in [-0.1, -0.05) is 19.1 Å². The molecule has 1 fully saturated rings. The summed E-state index contributed by atoms with van der Waals surface area (Å²) < 4.78 is 37.3. The van der Waals surface area contributed by atoms with E-state index >= 15 is 0 Å². The van der Waals surface area contributed by atoms with E-state index in [4.69, 9.17) is 0 Å². The molecule has 2 amide bonds. The highest BCUT2D eigenvalue weighted by Gasteiger charge is 2.27. The molecule has 0 aliphatic carbocycles. The van der Waals surface area contributed by atoms with Gasteiger partial charge in [-0.25, -0.2) is 17.6 Å². The smallest absolute Gasteiger partial charge is 0.321 e. The molecule has 0 aromatic heterocycles. The van der Waals surface area contributed by atoms with E-state index in [2.05, 4.69) is 5.32 Å². The summed E-state index contributed by atoms with van der Waals surface area (Å²) in [6.45, 7) is 3.88. The summed E-state index contributed by atoms with van der Waals surface area (Å²) in [6.07, 6.45) is 0. The van der Waals surface area contributed by atoms with Gasteiger partial charge in [-0.3, -0.25) is 0 Å². The number of hydrogen-bond acceptors (Lipinski definition) is 3. The van der Waals surface area contributed by atoms with Gasteiger partial charge < -0.3 is 10.2 Å². The lowest BCUT2D eigenvalue weighted by Gasteiger charge is -2.22. The quantitative estimate of drug-likeness (QED) is 0.862. The summed E-state index contributed by atoms with van der Waals surface area (Å²) in [5, 5.41) is 2.51. The Labute approximate surface area is 124 Å². The fraction of sp³-hybridized carbons (Fsp3) is 0.500. The Balaban J connectivity index is 2.11. The zero-order valence-corrected chi connectivity index (χ0v) is 12.9. The Bertz CT molecular complexity index is 646. The van der Waals surface area contributed by atoms with E-state index in [9.17, 15) is 17.6 Å². The molecule has 5 nitrogen and oxygen atoms in total. The van der Waals surface area contributed by atoms with Gasteiger partial charge >= 0.3 is 6.03 Å². The standard InChI is InChI=1S/C14H19FN2O3S/c1-10-8-17(6-7-21(19,20)9-10)14(18)16-12-5-3-4-11(2)13(12)15/h3-5,10H,6-9H2,1-2H3,(H,16,18). The first-order chi connectivity index (χ1) is 9.78. The number of benzene rings is 1. The van der Waals surface area contributed by atoms with Crippen LogP contribution in [0.2, 0.25) is 0 Å². The van der Waals surface area contributed by atoms with Crippen molar-refractivity contribution in [2.45, 2.75) is 13.8 Å². The average Bonchev–Trinajstić information content (AvgIpc) is 2.52. The Morgan fingerprint density at radius 2 is 2.14 bits per heavy atom. The maximum Gasteiger partial charge on any atom is 0.321 e. The maximum atomic E-state index is 13.9. The van der Waals surface area contributed by atoms with Crippen LogP contribution in [-0.4, -0.2) is 43.9 Å². The number of anilines is 1. The van der Waals surface area contributed by atoms with Gasteiger partial charge in [0.2, 0.25) is 0 Å². The van der Waals surface area contributed by atoms with Crippen LogP contribution in [0.1, 0.15) is 12.5 Å². The second-order valence-corrected chi connectivity index (χ2v) is 7.76. The largest absolute Gasteiger partial charge is 0.323 e. The molecule has 1 aliphatic rings. The van der Waals surface area contributed by atoms with Crippen LogP contribution < -0.4 is 5.32 Å².